The Bertz CT molecular complexity index is 455. The highest BCUT2D eigenvalue weighted by molar-refractivity contribution is 6.74. The van der Waals surface area contributed by atoms with Gasteiger partial charge in [-0.1, -0.05) is 77.6 Å². The molecule has 0 unspecified atom stereocenters. The maximum Gasteiger partial charge on any atom is 0.193 e. The molecule has 2 aliphatic rings. The molecule has 0 spiro atoms. The van der Waals surface area contributed by atoms with E-state index >= 15 is 0 Å². The summed E-state index contributed by atoms with van der Waals surface area (Å²) in [4.78, 5) is 0. The number of hydrogen-bond acceptors (Lipinski definition) is 2. The highest BCUT2D eigenvalue weighted by atomic mass is 28.4. The van der Waals surface area contributed by atoms with Gasteiger partial charge in [-0.25, -0.2) is 0 Å². The number of ether oxygens (including phenoxy) is 1. The smallest absolute Gasteiger partial charge is 0.193 e. The average Bonchev–Trinajstić information content (AvgIpc) is 3.16. The summed E-state index contributed by atoms with van der Waals surface area (Å²) in [5, 5.41) is 0.249. The third kappa shape index (κ3) is 5.61. The van der Waals surface area contributed by atoms with Crippen LogP contribution in [0.25, 0.3) is 0 Å². The van der Waals surface area contributed by atoms with Gasteiger partial charge in [-0.2, -0.15) is 0 Å². The Morgan fingerprint density at radius 1 is 1.00 bits per heavy atom. The Morgan fingerprint density at radius 3 is 2.21 bits per heavy atom. The molecule has 1 saturated heterocycles. The molecular formula is C21H38O2Si. The summed E-state index contributed by atoms with van der Waals surface area (Å²) in [5.41, 5.74) is -0.129. The van der Waals surface area contributed by atoms with Crippen LogP contribution >= 0.6 is 0 Å². The molecular weight excluding hydrogens is 312 g/mol. The Hall–Kier alpha value is -0.303. The first-order valence-electron chi connectivity index (χ1n) is 10.1. The molecule has 0 N–H and O–H groups in total. The van der Waals surface area contributed by atoms with Gasteiger partial charge >= 0.3 is 0 Å². The first kappa shape index (κ1) is 20.0. The van der Waals surface area contributed by atoms with Crippen molar-refractivity contribution in [1.82, 2.24) is 0 Å². The molecule has 1 aliphatic carbocycles. The molecule has 0 aromatic carbocycles. The van der Waals surface area contributed by atoms with Gasteiger partial charge in [0.1, 0.15) is 0 Å². The molecule has 2 rings (SSSR count). The van der Waals surface area contributed by atoms with Crippen molar-refractivity contribution in [2.24, 2.45) is 0 Å². The van der Waals surface area contributed by atoms with Crippen LogP contribution in [0.4, 0.5) is 0 Å². The zero-order valence-electron chi connectivity index (χ0n) is 16.7. The predicted molar refractivity (Wildman–Crippen MR) is 105 cm³/mol. The third-order valence-corrected chi connectivity index (χ3v) is 10.7. The van der Waals surface area contributed by atoms with Crippen LogP contribution in [0.3, 0.4) is 0 Å². The molecule has 0 bridgehead atoms. The van der Waals surface area contributed by atoms with Gasteiger partial charge in [-0.3, -0.25) is 0 Å². The minimum absolute atomic E-state index is 0.129. The van der Waals surface area contributed by atoms with Crippen LogP contribution < -0.4 is 0 Å². The van der Waals surface area contributed by atoms with Crippen molar-refractivity contribution in [3.63, 3.8) is 0 Å². The number of hydrogen-bond donors (Lipinski definition) is 0. The molecule has 0 radical (unpaired) electrons. The molecule has 1 heterocycles. The van der Waals surface area contributed by atoms with Crippen LogP contribution in [0, 0.1) is 11.8 Å². The second-order valence-electron chi connectivity index (χ2n) is 9.21. The Labute approximate surface area is 151 Å². The monoisotopic (exact) mass is 350 g/mol. The number of fused-ring (bicyclic) bond motifs is 1. The van der Waals surface area contributed by atoms with E-state index in [2.05, 4.69) is 45.7 Å². The summed E-state index contributed by atoms with van der Waals surface area (Å²) in [6.07, 6.45) is 13.5. The molecule has 2 nitrogen and oxygen atoms in total. The van der Waals surface area contributed by atoms with Gasteiger partial charge in [-0.15, -0.1) is 0 Å². The van der Waals surface area contributed by atoms with Gasteiger partial charge in [0, 0.05) is 0 Å². The Kier molecular flexibility index (Phi) is 6.99. The average molecular weight is 351 g/mol. The summed E-state index contributed by atoms with van der Waals surface area (Å²) in [6, 6.07) is 0. The van der Waals surface area contributed by atoms with Crippen molar-refractivity contribution in [3.05, 3.63) is 0 Å². The van der Waals surface area contributed by atoms with Crippen molar-refractivity contribution in [2.75, 3.05) is 6.61 Å². The molecule has 2 fully saturated rings. The fourth-order valence-electron chi connectivity index (χ4n) is 3.30. The first-order chi connectivity index (χ1) is 11.3. The van der Waals surface area contributed by atoms with E-state index < -0.39 is 8.32 Å². The normalized spacial score (nSPS) is 29.5. The fraction of sp³-hybridized carbons (Fsp3) is 0.905. The van der Waals surface area contributed by atoms with E-state index in [-0.39, 0.29) is 10.6 Å². The van der Waals surface area contributed by atoms with Crippen molar-refractivity contribution < 1.29 is 9.16 Å². The minimum Gasteiger partial charge on any atom is -0.406 e. The van der Waals surface area contributed by atoms with Gasteiger partial charge in [0.15, 0.2) is 13.9 Å². The minimum atomic E-state index is -1.69. The van der Waals surface area contributed by atoms with E-state index in [1.165, 1.54) is 57.8 Å². The van der Waals surface area contributed by atoms with Crippen LogP contribution in [0.5, 0.6) is 0 Å². The van der Waals surface area contributed by atoms with Gasteiger partial charge < -0.3 is 9.16 Å². The number of rotatable bonds is 2. The highest BCUT2D eigenvalue weighted by Crippen LogP contribution is 2.44. The lowest BCUT2D eigenvalue weighted by Gasteiger charge is -2.35. The van der Waals surface area contributed by atoms with Gasteiger partial charge in [0.2, 0.25) is 0 Å². The summed E-state index contributed by atoms with van der Waals surface area (Å²) < 4.78 is 12.3. The molecule has 0 amide bonds. The van der Waals surface area contributed by atoms with Crippen LogP contribution in [0.1, 0.15) is 85.0 Å². The summed E-state index contributed by atoms with van der Waals surface area (Å²) in [6.45, 7) is 12.0. The molecule has 0 aromatic rings. The fourth-order valence-corrected chi connectivity index (χ4v) is 4.17. The Balaban J connectivity index is 1.87. The molecule has 2 atom stereocenters. The maximum absolute atomic E-state index is 6.20. The van der Waals surface area contributed by atoms with Crippen molar-refractivity contribution in [2.45, 2.75) is 115 Å². The lowest BCUT2D eigenvalue weighted by atomic mass is 9.93. The lowest BCUT2D eigenvalue weighted by molar-refractivity contribution is 0.313. The SMILES string of the molecule is CC(C)(C)[Si](C)(C)OCC#C[C@]12CCCCCCCCCC[C@H]1O2. The van der Waals surface area contributed by atoms with Crippen LogP contribution in [-0.4, -0.2) is 26.6 Å². The van der Waals surface area contributed by atoms with Gasteiger partial charge in [0.05, 0.1) is 12.7 Å². The molecule has 3 heteroatoms. The summed E-state index contributed by atoms with van der Waals surface area (Å²) in [5.74, 6) is 6.79. The zero-order chi connectivity index (χ0) is 17.7. The van der Waals surface area contributed by atoms with E-state index in [0.717, 1.165) is 6.42 Å². The molecule has 1 saturated carbocycles. The maximum atomic E-state index is 6.20. The molecule has 24 heavy (non-hydrogen) atoms. The van der Waals surface area contributed by atoms with E-state index in [0.29, 0.717) is 12.7 Å². The third-order valence-electron chi connectivity index (χ3n) is 6.19. The van der Waals surface area contributed by atoms with E-state index in [9.17, 15) is 0 Å². The number of epoxide rings is 1. The van der Waals surface area contributed by atoms with Crippen molar-refractivity contribution in [3.8, 4) is 11.8 Å². The zero-order valence-corrected chi connectivity index (χ0v) is 17.7. The largest absolute Gasteiger partial charge is 0.406 e. The van der Waals surface area contributed by atoms with E-state index in [1.807, 2.05) is 0 Å². The van der Waals surface area contributed by atoms with Crippen LogP contribution in [-0.2, 0) is 9.16 Å². The van der Waals surface area contributed by atoms with E-state index in [4.69, 9.17) is 9.16 Å². The second kappa shape index (κ2) is 8.38. The lowest BCUT2D eigenvalue weighted by Crippen LogP contribution is -2.40. The highest BCUT2D eigenvalue weighted by Gasteiger charge is 2.54. The van der Waals surface area contributed by atoms with Crippen LogP contribution in [0.15, 0.2) is 0 Å². The molecule has 1 aliphatic heterocycles. The predicted octanol–water partition coefficient (Wildman–Crippen LogP) is 6.06. The van der Waals surface area contributed by atoms with Crippen LogP contribution in [0.2, 0.25) is 18.1 Å². The molecule has 138 valence electrons. The quantitative estimate of drug-likeness (QED) is 0.343. The Morgan fingerprint density at radius 2 is 1.58 bits per heavy atom. The van der Waals surface area contributed by atoms with Gasteiger partial charge in [-0.05, 0) is 37.4 Å². The van der Waals surface area contributed by atoms with Crippen molar-refractivity contribution >= 4 is 8.32 Å². The second-order valence-corrected chi connectivity index (χ2v) is 14.0. The molecule has 0 aromatic heterocycles. The summed E-state index contributed by atoms with van der Waals surface area (Å²) >= 11 is 0. The summed E-state index contributed by atoms with van der Waals surface area (Å²) in [7, 11) is -1.69. The van der Waals surface area contributed by atoms with Gasteiger partial charge in [0.25, 0.3) is 0 Å². The van der Waals surface area contributed by atoms with E-state index in [1.54, 1.807) is 0 Å². The van der Waals surface area contributed by atoms with Crippen molar-refractivity contribution in [1.29, 1.82) is 0 Å². The standard InChI is InChI=1S/C21H38O2Si/c1-20(2,3)24(4,5)22-18-14-17-21-16-13-11-9-7-6-8-10-12-15-19(21)23-21/h19H,6-13,15-16,18H2,1-5H3/t19-,21-/m1/s1. The first-order valence-corrected chi connectivity index (χ1v) is 13.0. The topological polar surface area (TPSA) is 21.8 Å².